The number of rotatable bonds is 6. The fraction of sp³-hybridized carbons (Fsp3) is 0.412. The molecule has 27 heavy (non-hydrogen) atoms. The monoisotopic (exact) mass is 397 g/mol. The van der Waals surface area contributed by atoms with Crippen LogP contribution in [0.15, 0.2) is 18.2 Å². The highest BCUT2D eigenvalue weighted by Gasteiger charge is 2.37. The first-order valence-corrected chi connectivity index (χ1v) is 8.61. The molecule has 9 nitrogen and oxygen atoms in total. The van der Waals surface area contributed by atoms with Crippen LogP contribution in [-0.4, -0.2) is 50.6 Å². The summed E-state index contributed by atoms with van der Waals surface area (Å²) in [5, 5.41) is 4.82. The van der Waals surface area contributed by atoms with Crippen molar-refractivity contribution in [2.75, 3.05) is 31.7 Å². The van der Waals surface area contributed by atoms with E-state index in [0.29, 0.717) is 23.0 Å². The number of imide groups is 1. The van der Waals surface area contributed by atoms with Gasteiger partial charge in [-0.2, -0.15) is 0 Å². The molecule has 0 bridgehead atoms. The Morgan fingerprint density at radius 3 is 2.74 bits per heavy atom. The smallest absolute Gasteiger partial charge is 0.321 e. The molecule has 1 atom stereocenters. The minimum Gasteiger partial charge on any atom is -0.495 e. The van der Waals surface area contributed by atoms with Crippen LogP contribution in [0.1, 0.15) is 13.3 Å². The van der Waals surface area contributed by atoms with Crippen molar-refractivity contribution < 1.29 is 28.7 Å². The van der Waals surface area contributed by atoms with E-state index in [1.54, 1.807) is 25.1 Å². The highest BCUT2D eigenvalue weighted by Crippen LogP contribution is 2.35. The maximum absolute atomic E-state index is 12.3. The Bertz CT molecular complexity index is 754. The molecule has 0 unspecified atom stereocenters. The Hall–Kier alpha value is -2.81. The summed E-state index contributed by atoms with van der Waals surface area (Å²) >= 11 is 5.99. The van der Waals surface area contributed by atoms with E-state index in [0.717, 1.165) is 0 Å². The van der Waals surface area contributed by atoms with Crippen LogP contribution in [0.3, 0.4) is 0 Å². The minimum atomic E-state index is -0.757. The standard InChI is InChI=1S/C17H20ClN3O6/c1-3-19-17(25)20-14(22)9-27-16(24)10-6-15(23)21(8-10)12-7-11(18)4-5-13(12)26-2/h4-5,7,10H,3,6,8-9H2,1-2H3,(H2,19,20,22,25)/t10-/m0/s1. The third-order valence-corrected chi connectivity index (χ3v) is 4.06. The highest BCUT2D eigenvalue weighted by atomic mass is 35.5. The topological polar surface area (TPSA) is 114 Å². The van der Waals surface area contributed by atoms with Crippen LogP contribution in [0.2, 0.25) is 5.02 Å². The molecule has 2 rings (SSSR count). The molecular formula is C17H20ClN3O6. The number of esters is 1. The largest absolute Gasteiger partial charge is 0.495 e. The average molecular weight is 398 g/mol. The number of methoxy groups -OCH3 is 1. The third kappa shape index (κ3) is 5.33. The Balaban J connectivity index is 1.95. The normalized spacial score (nSPS) is 16.0. The van der Waals surface area contributed by atoms with Gasteiger partial charge in [-0.15, -0.1) is 0 Å². The second-order valence-corrected chi connectivity index (χ2v) is 6.17. The number of nitrogens with one attached hydrogen (secondary N) is 2. The van der Waals surface area contributed by atoms with E-state index in [1.165, 1.54) is 12.0 Å². The molecule has 1 saturated heterocycles. The first-order valence-electron chi connectivity index (χ1n) is 8.24. The first kappa shape index (κ1) is 20.5. The van der Waals surface area contributed by atoms with Gasteiger partial charge in [0.15, 0.2) is 6.61 Å². The molecule has 0 radical (unpaired) electrons. The Morgan fingerprint density at radius 2 is 2.07 bits per heavy atom. The predicted molar refractivity (Wildman–Crippen MR) is 96.6 cm³/mol. The van der Waals surface area contributed by atoms with E-state index in [-0.39, 0.29) is 18.9 Å². The molecular weight excluding hydrogens is 378 g/mol. The fourth-order valence-corrected chi connectivity index (χ4v) is 2.76. The molecule has 1 aliphatic rings. The lowest BCUT2D eigenvalue weighted by Gasteiger charge is -2.19. The van der Waals surface area contributed by atoms with Gasteiger partial charge >= 0.3 is 12.0 Å². The number of hydrogen-bond donors (Lipinski definition) is 2. The lowest BCUT2D eigenvalue weighted by molar-refractivity contribution is -0.152. The number of carbonyl (C=O) groups excluding carboxylic acids is 4. The third-order valence-electron chi connectivity index (χ3n) is 3.83. The molecule has 1 aliphatic heterocycles. The van der Waals surface area contributed by atoms with E-state index in [1.807, 2.05) is 5.32 Å². The lowest BCUT2D eigenvalue weighted by Crippen LogP contribution is -2.41. The number of anilines is 1. The van der Waals surface area contributed by atoms with Gasteiger partial charge in [-0.3, -0.25) is 19.7 Å². The van der Waals surface area contributed by atoms with E-state index >= 15 is 0 Å². The zero-order valence-electron chi connectivity index (χ0n) is 14.9. The van der Waals surface area contributed by atoms with E-state index in [4.69, 9.17) is 21.1 Å². The lowest BCUT2D eigenvalue weighted by atomic mass is 10.1. The number of halogens is 1. The van der Waals surface area contributed by atoms with Gasteiger partial charge in [-0.1, -0.05) is 11.6 Å². The summed E-state index contributed by atoms with van der Waals surface area (Å²) in [4.78, 5) is 48.7. The van der Waals surface area contributed by atoms with Gasteiger partial charge in [0.25, 0.3) is 5.91 Å². The molecule has 146 valence electrons. The van der Waals surface area contributed by atoms with Crippen LogP contribution in [0.4, 0.5) is 10.5 Å². The molecule has 2 N–H and O–H groups in total. The molecule has 0 aliphatic carbocycles. The van der Waals surface area contributed by atoms with E-state index < -0.39 is 30.4 Å². The number of nitrogens with zero attached hydrogens (tertiary/aromatic N) is 1. The molecule has 1 aromatic rings. The first-order chi connectivity index (χ1) is 12.8. The summed E-state index contributed by atoms with van der Waals surface area (Å²) in [6.45, 7) is 1.52. The van der Waals surface area contributed by atoms with Crippen molar-refractivity contribution in [2.45, 2.75) is 13.3 Å². The number of ether oxygens (including phenoxy) is 2. The second-order valence-electron chi connectivity index (χ2n) is 5.74. The number of urea groups is 1. The second kappa shape index (κ2) is 9.22. The van der Waals surface area contributed by atoms with E-state index in [9.17, 15) is 19.2 Å². The predicted octanol–water partition coefficient (Wildman–Crippen LogP) is 1.09. The average Bonchev–Trinajstić information content (AvgIpc) is 3.01. The van der Waals surface area contributed by atoms with Crippen LogP contribution in [-0.2, 0) is 19.1 Å². The molecule has 4 amide bonds. The van der Waals surface area contributed by atoms with E-state index in [2.05, 4.69) is 5.32 Å². The van der Waals surface area contributed by atoms with Crippen LogP contribution < -0.4 is 20.3 Å². The van der Waals surface area contributed by atoms with Gasteiger partial charge in [0.05, 0.1) is 18.7 Å². The maximum Gasteiger partial charge on any atom is 0.321 e. The number of benzene rings is 1. The van der Waals surface area contributed by atoms with Crippen LogP contribution >= 0.6 is 11.6 Å². The van der Waals surface area contributed by atoms with Crippen molar-refractivity contribution in [3.63, 3.8) is 0 Å². The summed E-state index contributed by atoms with van der Waals surface area (Å²) < 4.78 is 10.1. The highest BCUT2D eigenvalue weighted by molar-refractivity contribution is 6.31. The molecule has 0 saturated carbocycles. The zero-order valence-corrected chi connectivity index (χ0v) is 15.7. The van der Waals surface area contributed by atoms with Gasteiger partial charge in [0, 0.05) is 24.5 Å². The summed E-state index contributed by atoms with van der Waals surface area (Å²) in [6.07, 6.45) is -0.0631. The van der Waals surface area contributed by atoms with Gasteiger partial charge in [-0.05, 0) is 25.1 Å². The van der Waals surface area contributed by atoms with Gasteiger partial charge in [0.1, 0.15) is 5.75 Å². The summed E-state index contributed by atoms with van der Waals surface area (Å²) in [5.41, 5.74) is 0.458. The van der Waals surface area contributed by atoms with Gasteiger partial charge in [-0.25, -0.2) is 4.79 Å². The SMILES string of the molecule is CCNC(=O)NC(=O)COC(=O)[C@H]1CC(=O)N(c2cc(Cl)ccc2OC)C1. The quantitative estimate of drug-likeness (QED) is 0.694. The minimum absolute atomic E-state index is 0.0631. The molecule has 1 heterocycles. The number of amides is 4. The Morgan fingerprint density at radius 1 is 1.33 bits per heavy atom. The summed E-state index contributed by atoms with van der Waals surface area (Å²) in [6, 6.07) is 4.16. The molecule has 0 aromatic heterocycles. The van der Waals surface area contributed by atoms with Crippen LogP contribution in [0, 0.1) is 5.92 Å². The zero-order chi connectivity index (χ0) is 20.0. The van der Waals surface area contributed by atoms with Gasteiger partial charge < -0.3 is 19.7 Å². The molecule has 0 spiro atoms. The van der Waals surface area contributed by atoms with Crippen molar-refractivity contribution >= 4 is 41.1 Å². The van der Waals surface area contributed by atoms with Gasteiger partial charge in [0.2, 0.25) is 5.91 Å². The summed E-state index contributed by atoms with van der Waals surface area (Å²) in [5.74, 6) is -2.03. The molecule has 1 fully saturated rings. The number of hydrogen-bond acceptors (Lipinski definition) is 6. The molecule has 1 aromatic carbocycles. The van der Waals surface area contributed by atoms with Crippen molar-refractivity contribution in [1.82, 2.24) is 10.6 Å². The van der Waals surface area contributed by atoms with Crippen LogP contribution in [0.5, 0.6) is 5.75 Å². The van der Waals surface area contributed by atoms with Crippen LogP contribution in [0.25, 0.3) is 0 Å². The maximum atomic E-state index is 12.3. The summed E-state index contributed by atoms with van der Waals surface area (Å²) in [7, 11) is 1.46. The molecule has 10 heteroatoms. The van der Waals surface area contributed by atoms with Crippen molar-refractivity contribution in [2.24, 2.45) is 5.92 Å². The Kier molecular flexibility index (Phi) is 7.00. The Labute approximate surface area is 160 Å². The van der Waals surface area contributed by atoms with Crippen molar-refractivity contribution in [3.05, 3.63) is 23.2 Å². The number of carbonyl (C=O) groups is 4. The van der Waals surface area contributed by atoms with Crippen molar-refractivity contribution in [3.8, 4) is 5.75 Å². The van der Waals surface area contributed by atoms with Crippen molar-refractivity contribution in [1.29, 1.82) is 0 Å². The fourth-order valence-electron chi connectivity index (χ4n) is 2.59.